The third kappa shape index (κ3) is 4.01. The van der Waals surface area contributed by atoms with Gasteiger partial charge in [-0.25, -0.2) is 0 Å². The summed E-state index contributed by atoms with van der Waals surface area (Å²) in [6.07, 6.45) is 0.949. The van der Waals surface area contributed by atoms with Gasteiger partial charge in [0.2, 0.25) is 0 Å². The van der Waals surface area contributed by atoms with E-state index < -0.39 is 0 Å². The molecule has 0 aliphatic heterocycles. The van der Waals surface area contributed by atoms with Crippen LogP contribution in [0.25, 0.3) is 0 Å². The van der Waals surface area contributed by atoms with Gasteiger partial charge in [0.15, 0.2) is 0 Å². The second-order valence-electron chi connectivity index (χ2n) is 6.10. The van der Waals surface area contributed by atoms with Gasteiger partial charge in [-0.05, 0) is 43.0 Å². The Morgan fingerprint density at radius 1 is 0.783 bits per heavy atom. The molecule has 1 heteroatoms. The fraction of sp³-hybridized carbons (Fsp3) is 0.182. The highest BCUT2D eigenvalue weighted by atomic mass is 14.9. The van der Waals surface area contributed by atoms with E-state index in [0.29, 0.717) is 0 Å². The third-order valence-corrected chi connectivity index (χ3v) is 4.20. The monoisotopic (exact) mass is 301 g/mol. The molecule has 1 nitrogen and oxygen atoms in total. The molecule has 0 aliphatic rings. The van der Waals surface area contributed by atoms with Gasteiger partial charge < -0.3 is 5.32 Å². The van der Waals surface area contributed by atoms with E-state index in [1.54, 1.807) is 0 Å². The van der Waals surface area contributed by atoms with Crippen molar-refractivity contribution in [3.05, 3.63) is 101 Å². The van der Waals surface area contributed by atoms with E-state index in [-0.39, 0.29) is 6.04 Å². The Balaban J connectivity index is 1.79. The molecule has 0 radical (unpaired) electrons. The lowest BCUT2D eigenvalue weighted by molar-refractivity contribution is 0.880. The highest BCUT2D eigenvalue weighted by molar-refractivity contribution is 5.54. The zero-order chi connectivity index (χ0) is 16.1. The molecule has 1 N–H and O–H groups in total. The van der Waals surface area contributed by atoms with E-state index in [1.165, 1.54) is 27.9 Å². The maximum Gasteiger partial charge on any atom is 0.0485 e. The third-order valence-electron chi connectivity index (χ3n) is 4.20. The Kier molecular flexibility index (Phi) is 4.77. The van der Waals surface area contributed by atoms with Crippen molar-refractivity contribution in [1.29, 1.82) is 0 Å². The second-order valence-corrected chi connectivity index (χ2v) is 6.10. The molecule has 1 atom stereocenters. The minimum atomic E-state index is 0.287. The predicted octanol–water partition coefficient (Wildman–Crippen LogP) is 5.76. The topological polar surface area (TPSA) is 12.0 Å². The molecule has 116 valence electrons. The van der Waals surface area contributed by atoms with Crippen LogP contribution in [-0.2, 0) is 6.42 Å². The van der Waals surface area contributed by atoms with Crippen molar-refractivity contribution in [2.24, 2.45) is 0 Å². The largest absolute Gasteiger partial charge is 0.378 e. The van der Waals surface area contributed by atoms with Gasteiger partial charge in [0.1, 0.15) is 0 Å². The Morgan fingerprint density at radius 2 is 1.43 bits per heavy atom. The molecule has 0 aliphatic carbocycles. The van der Waals surface area contributed by atoms with E-state index >= 15 is 0 Å². The van der Waals surface area contributed by atoms with Crippen LogP contribution >= 0.6 is 0 Å². The van der Waals surface area contributed by atoms with Gasteiger partial charge in [-0.3, -0.25) is 0 Å². The Morgan fingerprint density at radius 3 is 2.17 bits per heavy atom. The van der Waals surface area contributed by atoms with Gasteiger partial charge in [0.25, 0.3) is 0 Å². The molecule has 0 bridgehead atoms. The lowest BCUT2D eigenvalue weighted by Gasteiger charge is -2.18. The summed E-state index contributed by atoms with van der Waals surface area (Å²) in [7, 11) is 0. The molecule has 0 spiro atoms. The van der Waals surface area contributed by atoms with Crippen molar-refractivity contribution >= 4 is 5.69 Å². The van der Waals surface area contributed by atoms with Crippen LogP contribution in [0.4, 0.5) is 5.69 Å². The molecule has 0 amide bonds. The van der Waals surface area contributed by atoms with Gasteiger partial charge >= 0.3 is 0 Å². The van der Waals surface area contributed by atoms with E-state index in [4.69, 9.17) is 0 Å². The number of nitrogens with one attached hydrogen (secondary N) is 1. The maximum atomic E-state index is 3.66. The smallest absolute Gasteiger partial charge is 0.0485 e. The van der Waals surface area contributed by atoms with Crippen molar-refractivity contribution < 1.29 is 0 Å². The number of aryl methyl sites for hydroxylation is 1. The molecule has 0 saturated heterocycles. The van der Waals surface area contributed by atoms with Crippen LogP contribution in [0.2, 0.25) is 0 Å². The van der Waals surface area contributed by atoms with E-state index in [2.05, 4.69) is 98.0 Å². The maximum absolute atomic E-state index is 3.66. The van der Waals surface area contributed by atoms with Gasteiger partial charge in [-0.1, -0.05) is 78.4 Å². The first-order valence-corrected chi connectivity index (χ1v) is 8.17. The lowest BCUT2D eigenvalue weighted by atomic mass is 10.0. The second kappa shape index (κ2) is 7.15. The molecule has 23 heavy (non-hydrogen) atoms. The highest BCUT2D eigenvalue weighted by Crippen LogP contribution is 2.24. The number of hydrogen-bond acceptors (Lipinski definition) is 1. The number of benzene rings is 3. The lowest BCUT2D eigenvalue weighted by Crippen LogP contribution is -2.08. The van der Waals surface area contributed by atoms with Crippen molar-refractivity contribution in [3.63, 3.8) is 0 Å². The van der Waals surface area contributed by atoms with Crippen molar-refractivity contribution in [1.82, 2.24) is 0 Å². The van der Waals surface area contributed by atoms with Crippen molar-refractivity contribution in [2.75, 3.05) is 5.32 Å². The van der Waals surface area contributed by atoms with Gasteiger partial charge in [-0.15, -0.1) is 0 Å². The first kappa shape index (κ1) is 15.4. The fourth-order valence-corrected chi connectivity index (χ4v) is 2.80. The molecule has 0 saturated carbocycles. The van der Waals surface area contributed by atoms with Gasteiger partial charge in [0.05, 0.1) is 0 Å². The Labute approximate surface area is 139 Å². The molecule has 0 heterocycles. The van der Waals surface area contributed by atoms with Crippen molar-refractivity contribution in [2.45, 2.75) is 26.3 Å². The normalized spacial score (nSPS) is 11.9. The summed E-state index contributed by atoms with van der Waals surface area (Å²) < 4.78 is 0. The average molecular weight is 301 g/mol. The summed E-state index contributed by atoms with van der Waals surface area (Å²) >= 11 is 0. The first-order valence-electron chi connectivity index (χ1n) is 8.17. The van der Waals surface area contributed by atoms with E-state index in [0.717, 1.165) is 6.42 Å². The van der Waals surface area contributed by atoms with Crippen LogP contribution in [-0.4, -0.2) is 0 Å². The van der Waals surface area contributed by atoms with Crippen LogP contribution in [0.3, 0.4) is 0 Å². The van der Waals surface area contributed by atoms with Gasteiger partial charge in [-0.2, -0.15) is 0 Å². The SMILES string of the molecule is Cc1ccc(Cc2ccccc2NC(C)c2ccccc2)cc1. The summed E-state index contributed by atoms with van der Waals surface area (Å²) in [6.45, 7) is 4.33. The van der Waals surface area contributed by atoms with Crippen LogP contribution in [0.5, 0.6) is 0 Å². The number of hydrogen-bond donors (Lipinski definition) is 1. The Bertz CT molecular complexity index is 744. The molecule has 0 aromatic heterocycles. The highest BCUT2D eigenvalue weighted by Gasteiger charge is 2.08. The zero-order valence-electron chi connectivity index (χ0n) is 13.8. The molecular weight excluding hydrogens is 278 g/mol. The van der Waals surface area contributed by atoms with E-state index in [1.807, 2.05) is 0 Å². The first-order chi connectivity index (χ1) is 11.2. The molecule has 3 aromatic carbocycles. The molecule has 1 unspecified atom stereocenters. The fourth-order valence-electron chi connectivity index (χ4n) is 2.80. The summed E-state index contributed by atoms with van der Waals surface area (Å²) in [4.78, 5) is 0. The van der Waals surface area contributed by atoms with E-state index in [9.17, 15) is 0 Å². The Hall–Kier alpha value is -2.54. The molecule has 3 rings (SSSR count). The number of anilines is 1. The summed E-state index contributed by atoms with van der Waals surface area (Å²) in [6, 6.07) is 28.2. The van der Waals surface area contributed by atoms with Crippen LogP contribution in [0, 0.1) is 6.92 Å². The zero-order valence-corrected chi connectivity index (χ0v) is 13.8. The standard InChI is InChI=1S/C22H23N/c1-17-12-14-19(15-13-17)16-21-10-6-7-11-22(21)23-18(2)20-8-4-3-5-9-20/h3-15,18,23H,16H2,1-2H3. The number of para-hydroxylation sites is 1. The van der Waals surface area contributed by atoms with Crippen molar-refractivity contribution in [3.8, 4) is 0 Å². The average Bonchev–Trinajstić information content (AvgIpc) is 2.59. The van der Waals surface area contributed by atoms with Gasteiger partial charge in [0, 0.05) is 11.7 Å². The minimum Gasteiger partial charge on any atom is -0.378 e. The number of rotatable bonds is 5. The summed E-state index contributed by atoms with van der Waals surface area (Å²) in [5.41, 5.74) is 6.50. The summed E-state index contributed by atoms with van der Waals surface area (Å²) in [5, 5.41) is 3.66. The molecule has 3 aromatic rings. The van der Waals surface area contributed by atoms with Crippen LogP contribution in [0.1, 0.15) is 35.2 Å². The molecular formula is C22H23N. The van der Waals surface area contributed by atoms with Crippen LogP contribution in [0.15, 0.2) is 78.9 Å². The predicted molar refractivity (Wildman–Crippen MR) is 98.9 cm³/mol. The molecule has 0 fully saturated rings. The quantitative estimate of drug-likeness (QED) is 0.632. The van der Waals surface area contributed by atoms with Crippen LogP contribution < -0.4 is 5.32 Å². The minimum absolute atomic E-state index is 0.287. The summed E-state index contributed by atoms with van der Waals surface area (Å²) in [5.74, 6) is 0.